The maximum Gasteiger partial charge on any atom is 0.272 e. The van der Waals surface area contributed by atoms with Gasteiger partial charge in [-0.15, -0.1) is 0 Å². The number of rotatable bonds is 2. The third kappa shape index (κ3) is 2.34. The van der Waals surface area contributed by atoms with Gasteiger partial charge in [0.1, 0.15) is 5.60 Å². The maximum atomic E-state index is 12.1. The molecule has 0 atom stereocenters. The number of hydrogen-bond acceptors (Lipinski definition) is 3. The molecule has 0 saturated carbocycles. The van der Waals surface area contributed by atoms with E-state index in [1.54, 1.807) is 7.05 Å². The Morgan fingerprint density at radius 1 is 1.39 bits per heavy atom. The molecule has 0 saturated heterocycles. The summed E-state index contributed by atoms with van der Waals surface area (Å²) in [7, 11) is 1.71. The second kappa shape index (κ2) is 4.61. The molecule has 4 nitrogen and oxygen atoms in total. The first-order chi connectivity index (χ1) is 8.41. The summed E-state index contributed by atoms with van der Waals surface area (Å²) >= 11 is 0. The van der Waals surface area contributed by atoms with Crippen molar-refractivity contribution < 1.29 is 9.90 Å². The molecule has 18 heavy (non-hydrogen) atoms. The Morgan fingerprint density at radius 3 is 2.72 bits per heavy atom. The number of carbonyl (C=O) groups is 1. The van der Waals surface area contributed by atoms with E-state index in [2.05, 4.69) is 6.07 Å². The number of likely N-dealkylation sites (N-methyl/N-ethyl adjacent to an activating group) is 1. The molecule has 0 aliphatic carbocycles. The van der Waals surface area contributed by atoms with E-state index < -0.39 is 5.60 Å². The smallest absolute Gasteiger partial charge is 0.272 e. The number of para-hydroxylation sites is 1. The number of amides is 1. The second-order valence-electron chi connectivity index (χ2n) is 5.24. The molecule has 0 spiro atoms. The molecular weight excluding hydrogens is 228 g/mol. The van der Waals surface area contributed by atoms with Crippen molar-refractivity contribution in [2.45, 2.75) is 32.3 Å². The van der Waals surface area contributed by atoms with E-state index in [1.165, 1.54) is 24.4 Å². The average Bonchev–Trinajstić information content (AvgIpc) is 2.35. The third-order valence-corrected chi connectivity index (χ3v) is 3.27. The van der Waals surface area contributed by atoms with Gasteiger partial charge in [0.05, 0.1) is 5.69 Å². The minimum atomic E-state index is -1.35. The van der Waals surface area contributed by atoms with Gasteiger partial charge in [0.2, 0.25) is 0 Å². The lowest BCUT2D eigenvalue weighted by Crippen LogP contribution is -2.53. The van der Waals surface area contributed by atoms with Crippen molar-refractivity contribution in [1.82, 2.24) is 5.01 Å². The van der Waals surface area contributed by atoms with Crippen molar-refractivity contribution in [3.05, 3.63) is 29.8 Å². The molecule has 4 heteroatoms. The van der Waals surface area contributed by atoms with Crippen molar-refractivity contribution in [3.8, 4) is 0 Å². The molecule has 98 valence electrons. The van der Waals surface area contributed by atoms with Crippen molar-refractivity contribution >= 4 is 11.6 Å². The first-order valence-electron chi connectivity index (χ1n) is 6.27. The molecule has 0 radical (unpaired) electrons. The molecular formula is C14H20N2O2. The molecule has 0 fully saturated rings. The van der Waals surface area contributed by atoms with Crippen LogP contribution >= 0.6 is 0 Å². The van der Waals surface area contributed by atoms with E-state index in [0.717, 1.165) is 25.1 Å². The van der Waals surface area contributed by atoms with E-state index in [0.29, 0.717) is 0 Å². The number of aryl methyl sites for hydroxylation is 1. The lowest BCUT2D eigenvalue weighted by Gasteiger charge is -2.39. The molecule has 1 aromatic rings. The Labute approximate surface area is 108 Å². The second-order valence-corrected chi connectivity index (χ2v) is 5.24. The van der Waals surface area contributed by atoms with Crippen LogP contribution in [-0.2, 0) is 11.2 Å². The van der Waals surface area contributed by atoms with Gasteiger partial charge in [-0.2, -0.15) is 0 Å². The van der Waals surface area contributed by atoms with Crippen LogP contribution in [0.15, 0.2) is 24.3 Å². The van der Waals surface area contributed by atoms with Crippen LogP contribution in [0.25, 0.3) is 0 Å². The monoisotopic (exact) mass is 248 g/mol. The SMILES string of the molecule is CN(C(=O)C(C)(C)O)N1CCCc2ccccc21. The van der Waals surface area contributed by atoms with Gasteiger partial charge in [-0.25, -0.2) is 0 Å². The largest absolute Gasteiger partial charge is 0.381 e. The number of hydrazine groups is 1. The van der Waals surface area contributed by atoms with Gasteiger partial charge in [-0.3, -0.25) is 14.8 Å². The van der Waals surface area contributed by atoms with Gasteiger partial charge in [-0.1, -0.05) is 18.2 Å². The molecule has 0 bridgehead atoms. The number of benzene rings is 1. The minimum absolute atomic E-state index is 0.292. The van der Waals surface area contributed by atoms with Crippen LogP contribution in [0.4, 0.5) is 5.69 Å². The molecule has 1 heterocycles. The topological polar surface area (TPSA) is 43.8 Å². The predicted octanol–water partition coefficient (Wildman–Crippen LogP) is 1.58. The van der Waals surface area contributed by atoms with Gasteiger partial charge in [-0.05, 0) is 38.3 Å². The number of anilines is 1. The fourth-order valence-corrected chi connectivity index (χ4v) is 2.33. The van der Waals surface area contributed by atoms with Crippen molar-refractivity contribution in [2.24, 2.45) is 0 Å². The molecule has 1 aliphatic rings. The number of nitrogens with zero attached hydrogens (tertiary/aromatic N) is 2. The molecule has 1 amide bonds. The highest BCUT2D eigenvalue weighted by Crippen LogP contribution is 2.28. The highest BCUT2D eigenvalue weighted by atomic mass is 16.3. The average molecular weight is 248 g/mol. The lowest BCUT2D eigenvalue weighted by molar-refractivity contribution is -0.147. The van der Waals surface area contributed by atoms with E-state index >= 15 is 0 Å². The van der Waals surface area contributed by atoms with Crippen LogP contribution in [0.3, 0.4) is 0 Å². The Balaban J connectivity index is 2.28. The zero-order valence-electron chi connectivity index (χ0n) is 11.2. The van der Waals surface area contributed by atoms with Crippen molar-refractivity contribution in [3.63, 3.8) is 0 Å². The zero-order valence-corrected chi connectivity index (χ0v) is 11.2. The first-order valence-corrected chi connectivity index (χ1v) is 6.27. The van der Waals surface area contributed by atoms with E-state index in [9.17, 15) is 9.90 Å². The van der Waals surface area contributed by atoms with Crippen LogP contribution in [0.1, 0.15) is 25.8 Å². The number of carbonyl (C=O) groups excluding carboxylic acids is 1. The van der Waals surface area contributed by atoms with E-state index in [-0.39, 0.29) is 5.91 Å². The number of fused-ring (bicyclic) bond motifs is 1. The summed E-state index contributed by atoms with van der Waals surface area (Å²) in [6.45, 7) is 3.83. The first kappa shape index (κ1) is 12.9. The van der Waals surface area contributed by atoms with Gasteiger partial charge < -0.3 is 5.11 Å². The normalized spacial score (nSPS) is 15.2. The summed E-state index contributed by atoms with van der Waals surface area (Å²) in [6, 6.07) is 8.09. The molecule has 0 unspecified atom stereocenters. The summed E-state index contributed by atoms with van der Waals surface area (Å²) in [5.74, 6) is -0.292. The van der Waals surface area contributed by atoms with E-state index in [1.807, 2.05) is 23.2 Å². The number of aliphatic hydroxyl groups is 1. The third-order valence-electron chi connectivity index (χ3n) is 3.27. The molecule has 0 aromatic heterocycles. The van der Waals surface area contributed by atoms with Crippen LogP contribution < -0.4 is 5.01 Å². The van der Waals surface area contributed by atoms with Gasteiger partial charge >= 0.3 is 0 Å². The van der Waals surface area contributed by atoms with Crippen molar-refractivity contribution in [1.29, 1.82) is 0 Å². The van der Waals surface area contributed by atoms with Gasteiger partial charge in [0, 0.05) is 13.6 Å². The summed E-state index contributed by atoms with van der Waals surface area (Å²) in [4.78, 5) is 12.1. The van der Waals surface area contributed by atoms with E-state index in [4.69, 9.17) is 0 Å². The van der Waals surface area contributed by atoms with Gasteiger partial charge in [0.25, 0.3) is 5.91 Å². The molecule has 1 N–H and O–H groups in total. The van der Waals surface area contributed by atoms with Gasteiger partial charge in [0.15, 0.2) is 0 Å². The van der Waals surface area contributed by atoms with Crippen LogP contribution in [0, 0.1) is 0 Å². The zero-order chi connectivity index (χ0) is 13.3. The molecule has 1 aromatic carbocycles. The predicted molar refractivity (Wildman–Crippen MR) is 71.2 cm³/mol. The fraction of sp³-hybridized carbons (Fsp3) is 0.500. The molecule has 1 aliphatic heterocycles. The highest BCUT2D eigenvalue weighted by Gasteiger charge is 2.32. The summed E-state index contributed by atoms with van der Waals surface area (Å²) in [6.07, 6.45) is 2.05. The van der Waals surface area contributed by atoms with Crippen molar-refractivity contribution in [2.75, 3.05) is 18.6 Å². The molecule has 2 rings (SSSR count). The van der Waals surface area contributed by atoms with Crippen LogP contribution in [-0.4, -0.2) is 35.2 Å². The summed E-state index contributed by atoms with van der Waals surface area (Å²) < 4.78 is 0. The Morgan fingerprint density at radius 2 is 2.06 bits per heavy atom. The Bertz CT molecular complexity index is 451. The summed E-state index contributed by atoms with van der Waals surface area (Å²) in [5.41, 5.74) is 0.962. The summed E-state index contributed by atoms with van der Waals surface area (Å²) in [5, 5.41) is 13.3. The number of hydrogen-bond donors (Lipinski definition) is 1. The highest BCUT2D eigenvalue weighted by molar-refractivity contribution is 5.85. The Hall–Kier alpha value is -1.55. The quantitative estimate of drug-likeness (QED) is 0.864. The van der Waals surface area contributed by atoms with Crippen LogP contribution in [0.2, 0.25) is 0 Å². The minimum Gasteiger partial charge on any atom is -0.381 e. The van der Waals surface area contributed by atoms with Crippen LogP contribution in [0.5, 0.6) is 0 Å². The maximum absolute atomic E-state index is 12.1. The lowest BCUT2D eigenvalue weighted by atomic mass is 10.0. The fourth-order valence-electron chi connectivity index (χ4n) is 2.33. The Kier molecular flexibility index (Phi) is 3.30. The standard InChI is InChI=1S/C14H20N2O2/c1-14(2,18)13(17)15(3)16-10-6-8-11-7-4-5-9-12(11)16/h4-5,7,9,18H,6,8,10H2,1-3H3.